The minimum Gasteiger partial charge on any atom is -0.315 e. The van der Waals surface area contributed by atoms with Gasteiger partial charge in [0, 0.05) is 29.4 Å². The van der Waals surface area contributed by atoms with Crippen LogP contribution in [0.2, 0.25) is 5.02 Å². The first-order valence-corrected chi connectivity index (χ1v) is 9.99. The fourth-order valence-electron chi connectivity index (χ4n) is 3.34. The molecule has 1 saturated heterocycles. The third-order valence-electron chi connectivity index (χ3n) is 4.65. The first-order valence-electron chi connectivity index (χ1n) is 8.80. The van der Waals surface area contributed by atoms with Crippen LogP contribution in [-0.2, 0) is 12.6 Å². The quantitative estimate of drug-likeness (QED) is 0.739. The summed E-state index contributed by atoms with van der Waals surface area (Å²) in [6.45, 7) is 5.50. The Hall–Kier alpha value is -1.08. The second kappa shape index (κ2) is 8.30. The van der Waals surface area contributed by atoms with Gasteiger partial charge in [0.2, 0.25) is 0 Å². The number of thiophene rings is 1. The molecule has 142 valence electrons. The van der Waals surface area contributed by atoms with E-state index in [1.165, 1.54) is 17.0 Å². The van der Waals surface area contributed by atoms with Crippen molar-refractivity contribution in [3.8, 4) is 0 Å². The van der Waals surface area contributed by atoms with Gasteiger partial charge >= 0.3 is 6.18 Å². The number of rotatable bonds is 4. The van der Waals surface area contributed by atoms with E-state index in [1.54, 1.807) is 17.4 Å². The Morgan fingerprint density at radius 1 is 1.19 bits per heavy atom. The van der Waals surface area contributed by atoms with Gasteiger partial charge in [-0.25, -0.2) is 0 Å². The van der Waals surface area contributed by atoms with Crippen LogP contribution in [0.3, 0.4) is 0 Å². The lowest BCUT2D eigenvalue weighted by atomic mass is 10.00. The van der Waals surface area contributed by atoms with E-state index < -0.39 is 11.7 Å². The van der Waals surface area contributed by atoms with Gasteiger partial charge in [0.1, 0.15) is 0 Å². The molecule has 26 heavy (non-hydrogen) atoms. The highest BCUT2D eigenvalue weighted by atomic mass is 35.5. The molecule has 1 atom stereocenters. The highest BCUT2D eigenvalue weighted by Gasteiger charge is 2.35. The van der Waals surface area contributed by atoms with Crippen LogP contribution in [0.4, 0.5) is 13.2 Å². The first kappa shape index (κ1) is 19.7. The van der Waals surface area contributed by atoms with Crippen molar-refractivity contribution in [2.24, 2.45) is 0 Å². The molecule has 1 N–H and O–H groups in total. The molecule has 1 fully saturated rings. The van der Waals surface area contributed by atoms with Gasteiger partial charge in [-0.05, 0) is 49.2 Å². The molecule has 0 bridgehead atoms. The molecule has 0 amide bonds. The van der Waals surface area contributed by atoms with Crippen molar-refractivity contribution in [2.45, 2.75) is 32.0 Å². The third kappa shape index (κ3) is 4.42. The van der Waals surface area contributed by atoms with Crippen molar-refractivity contribution < 1.29 is 13.2 Å². The summed E-state index contributed by atoms with van der Waals surface area (Å²) in [5.74, 6) is 0. The van der Waals surface area contributed by atoms with Crippen LogP contribution in [0.1, 0.15) is 40.3 Å². The van der Waals surface area contributed by atoms with E-state index >= 15 is 0 Å². The Balaban J connectivity index is 2.05. The van der Waals surface area contributed by atoms with E-state index in [0.717, 1.165) is 43.9 Å². The van der Waals surface area contributed by atoms with Gasteiger partial charge in [0.15, 0.2) is 0 Å². The summed E-state index contributed by atoms with van der Waals surface area (Å²) in [5, 5.41) is 3.10. The van der Waals surface area contributed by atoms with E-state index in [1.807, 2.05) is 6.07 Å². The first-order chi connectivity index (χ1) is 12.4. The van der Waals surface area contributed by atoms with Crippen LogP contribution in [-0.4, -0.2) is 31.1 Å². The Bertz CT molecular complexity index is 737. The van der Waals surface area contributed by atoms with E-state index in [4.69, 9.17) is 11.6 Å². The smallest absolute Gasteiger partial charge is 0.315 e. The minimum atomic E-state index is -4.46. The van der Waals surface area contributed by atoms with Crippen LogP contribution in [0.15, 0.2) is 30.3 Å². The second-order valence-corrected chi connectivity index (χ2v) is 8.04. The minimum absolute atomic E-state index is 0.182. The zero-order chi connectivity index (χ0) is 18.7. The highest BCUT2D eigenvalue weighted by Crippen LogP contribution is 2.40. The summed E-state index contributed by atoms with van der Waals surface area (Å²) < 4.78 is 40.1. The van der Waals surface area contributed by atoms with Gasteiger partial charge in [-0.3, -0.25) is 4.90 Å². The normalized spacial score (nSPS) is 17.9. The van der Waals surface area contributed by atoms with Crippen molar-refractivity contribution in [3.63, 3.8) is 0 Å². The Labute approximate surface area is 161 Å². The predicted molar refractivity (Wildman–Crippen MR) is 101 cm³/mol. The molecule has 2 heterocycles. The van der Waals surface area contributed by atoms with Crippen molar-refractivity contribution in [1.29, 1.82) is 0 Å². The molecule has 2 nitrogen and oxygen atoms in total. The van der Waals surface area contributed by atoms with Gasteiger partial charge in [-0.2, -0.15) is 13.2 Å². The summed E-state index contributed by atoms with van der Waals surface area (Å²) in [6.07, 6.45) is -2.56. The third-order valence-corrected chi connectivity index (χ3v) is 6.26. The number of nitrogens with zero attached hydrogens (tertiary/aromatic N) is 1. The van der Waals surface area contributed by atoms with E-state index in [2.05, 4.69) is 23.2 Å². The highest BCUT2D eigenvalue weighted by molar-refractivity contribution is 7.12. The molecule has 2 aromatic rings. The van der Waals surface area contributed by atoms with Crippen LogP contribution < -0.4 is 5.32 Å². The largest absolute Gasteiger partial charge is 0.417 e. The molecule has 1 unspecified atom stereocenters. The zero-order valence-electron chi connectivity index (χ0n) is 14.6. The molecular weight excluding hydrogens is 381 g/mol. The van der Waals surface area contributed by atoms with Crippen molar-refractivity contribution >= 4 is 22.9 Å². The molecule has 0 spiro atoms. The maximum Gasteiger partial charge on any atom is 0.417 e. The predicted octanol–water partition coefficient (Wildman–Crippen LogP) is 5.37. The Kier molecular flexibility index (Phi) is 6.28. The molecule has 1 aliphatic rings. The van der Waals surface area contributed by atoms with Gasteiger partial charge in [-0.15, -0.1) is 11.3 Å². The number of benzene rings is 1. The SMILES string of the molecule is CCc1ccc(C(c2ccc(Cl)c(C(F)(F)F)c2)N2CCCNCC2)s1. The van der Waals surface area contributed by atoms with E-state index in [0.29, 0.717) is 5.56 Å². The lowest BCUT2D eigenvalue weighted by molar-refractivity contribution is -0.137. The van der Waals surface area contributed by atoms with Crippen molar-refractivity contribution in [1.82, 2.24) is 10.2 Å². The number of halogens is 4. The van der Waals surface area contributed by atoms with Crippen molar-refractivity contribution in [2.75, 3.05) is 26.2 Å². The summed E-state index contributed by atoms with van der Waals surface area (Å²) in [6, 6.07) is 8.26. The number of hydrogen-bond donors (Lipinski definition) is 1. The molecule has 7 heteroatoms. The molecular formula is C19H22ClF3N2S. The number of hydrogen-bond acceptors (Lipinski definition) is 3. The number of alkyl halides is 3. The standard InChI is InChI=1S/C19H22ClF3N2S/c1-2-14-5-7-17(26-14)18(25-10-3-8-24-9-11-25)13-4-6-16(20)15(12-13)19(21,22)23/h4-7,12,18,24H,2-3,8-11H2,1H3. The summed E-state index contributed by atoms with van der Waals surface area (Å²) in [7, 11) is 0. The van der Waals surface area contributed by atoms with Gasteiger partial charge in [0.05, 0.1) is 16.6 Å². The monoisotopic (exact) mass is 402 g/mol. The molecule has 0 radical (unpaired) electrons. The van der Waals surface area contributed by atoms with Gasteiger partial charge < -0.3 is 5.32 Å². The van der Waals surface area contributed by atoms with Crippen LogP contribution in [0.5, 0.6) is 0 Å². The molecule has 0 aliphatic carbocycles. The van der Waals surface area contributed by atoms with E-state index in [9.17, 15) is 13.2 Å². The van der Waals surface area contributed by atoms with Crippen LogP contribution in [0.25, 0.3) is 0 Å². The zero-order valence-corrected chi connectivity index (χ0v) is 16.1. The second-order valence-electron chi connectivity index (χ2n) is 6.44. The van der Waals surface area contributed by atoms with Crippen molar-refractivity contribution in [3.05, 3.63) is 56.2 Å². The molecule has 1 aromatic carbocycles. The average molecular weight is 403 g/mol. The molecule has 1 aromatic heterocycles. The Morgan fingerprint density at radius 3 is 2.69 bits per heavy atom. The van der Waals surface area contributed by atoms with Crippen LogP contribution in [0, 0.1) is 0 Å². The number of nitrogens with one attached hydrogen (secondary N) is 1. The summed E-state index contributed by atoms with van der Waals surface area (Å²) >= 11 is 7.51. The molecule has 3 rings (SSSR count). The maximum atomic E-state index is 13.4. The average Bonchev–Trinajstić information content (AvgIpc) is 2.90. The fraction of sp³-hybridized carbons (Fsp3) is 0.474. The summed E-state index contributed by atoms with van der Waals surface area (Å²) in [5.41, 5.74) is -0.116. The van der Waals surface area contributed by atoms with Gasteiger partial charge in [-0.1, -0.05) is 24.6 Å². The lowest BCUT2D eigenvalue weighted by Gasteiger charge is -2.30. The van der Waals surface area contributed by atoms with Crippen LogP contribution >= 0.6 is 22.9 Å². The lowest BCUT2D eigenvalue weighted by Crippen LogP contribution is -2.32. The topological polar surface area (TPSA) is 15.3 Å². The van der Waals surface area contributed by atoms with E-state index in [-0.39, 0.29) is 11.1 Å². The number of aryl methyl sites for hydroxylation is 1. The fourth-order valence-corrected chi connectivity index (χ4v) is 4.68. The molecule has 0 saturated carbocycles. The summed E-state index contributed by atoms with van der Waals surface area (Å²) in [4.78, 5) is 4.59. The Morgan fingerprint density at radius 2 is 2.00 bits per heavy atom. The van der Waals surface area contributed by atoms with Gasteiger partial charge in [0.25, 0.3) is 0 Å². The molecule has 1 aliphatic heterocycles. The maximum absolute atomic E-state index is 13.4.